The lowest BCUT2D eigenvalue weighted by molar-refractivity contribution is -0.148. The summed E-state index contributed by atoms with van der Waals surface area (Å²) < 4.78 is 4.75. The molecule has 0 aliphatic rings. The SMILES string of the molecule is C=CC[C@@](C)(N)C(=O)OCC. The van der Waals surface area contributed by atoms with Gasteiger partial charge in [0.05, 0.1) is 6.61 Å². The second kappa shape index (κ2) is 4.13. The Kier molecular flexibility index (Phi) is 3.82. The summed E-state index contributed by atoms with van der Waals surface area (Å²) in [5.41, 5.74) is 4.69. The number of esters is 1. The molecule has 11 heavy (non-hydrogen) atoms. The zero-order valence-corrected chi connectivity index (χ0v) is 7.09. The van der Waals surface area contributed by atoms with Gasteiger partial charge in [-0.2, -0.15) is 0 Å². The molecule has 0 rings (SSSR count). The van der Waals surface area contributed by atoms with Crippen LogP contribution in [0.15, 0.2) is 12.7 Å². The van der Waals surface area contributed by atoms with Crippen molar-refractivity contribution in [2.75, 3.05) is 6.61 Å². The van der Waals surface area contributed by atoms with E-state index in [-0.39, 0.29) is 5.97 Å². The quantitative estimate of drug-likeness (QED) is 0.486. The molecule has 0 aliphatic heterocycles. The lowest BCUT2D eigenvalue weighted by Crippen LogP contribution is -2.45. The fourth-order valence-corrected chi connectivity index (χ4v) is 0.679. The van der Waals surface area contributed by atoms with Crippen LogP contribution in [0.25, 0.3) is 0 Å². The molecule has 0 saturated carbocycles. The first-order valence-corrected chi connectivity index (χ1v) is 3.61. The van der Waals surface area contributed by atoms with E-state index in [9.17, 15) is 4.79 Å². The maximum absolute atomic E-state index is 11.1. The van der Waals surface area contributed by atoms with E-state index in [1.165, 1.54) is 0 Å². The van der Waals surface area contributed by atoms with E-state index in [0.717, 1.165) is 0 Å². The molecule has 0 aromatic rings. The fraction of sp³-hybridized carbons (Fsp3) is 0.625. The first-order chi connectivity index (χ1) is 5.04. The molecule has 0 fully saturated rings. The molecule has 0 amide bonds. The van der Waals surface area contributed by atoms with Crippen LogP contribution in [-0.2, 0) is 9.53 Å². The van der Waals surface area contributed by atoms with Crippen LogP contribution in [0.5, 0.6) is 0 Å². The summed E-state index contributed by atoms with van der Waals surface area (Å²) in [6.07, 6.45) is 2.04. The number of carbonyl (C=O) groups is 1. The highest BCUT2D eigenvalue weighted by atomic mass is 16.5. The Balaban J connectivity index is 4.05. The van der Waals surface area contributed by atoms with Crippen LogP contribution in [0, 0.1) is 0 Å². The molecule has 0 unspecified atom stereocenters. The van der Waals surface area contributed by atoms with Gasteiger partial charge in [-0.05, 0) is 20.3 Å². The van der Waals surface area contributed by atoms with Crippen molar-refractivity contribution in [3.63, 3.8) is 0 Å². The molecule has 0 aliphatic carbocycles. The zero-order valence-electron chi connectivity index (χ0n) is 7.09. The number of ether oxygens (including phenoxy) is 1. The van der Waals surface area contributed by atoms with Crippen molar-refractivity contribution in [3.8, 4) is 0 Å². The predicted octanol–water partition coefficient (Wildman–Crippen LogP) is 0.843. The minimum Gasteiger partial charge on any atom is -0.465 e. The Labute approximate surface area is 67.2 Å². The van der Waals surface area contributed by atoms with E-state index in [1.807, 2.05) is 0 Å². The van der Waals surface area contributed by atoms with Gasteiger partial charge in [-0.3, -0.25) is 4.79 Å². The number of hydrogen-bond acceptors (Lipinski definition) is 3. The summed E-state index contributed by atoms with van der Waals surface area (Å²) in [4.78, 5) is 11.1. The van der Waals surface area contributed by atoms with E-state index < -0.39 is 5.54 Å². The molecular formula is C8H15NO2. The summed E-state index contributed by atoms with van der Waals surface area (Å²) in [5, 5.41) is 0. The Morgan fingerprint density at radius 3 is 2.73 bits per heavy atom. The molecular weight excluding hydrogens is 142 g/mol. The van der Waals surface area contributed by atoms with Crippen molar-refractivity contribution in [2.24, 2.45) is 5.73 Å². The second-order valence-electron chi connectivity index (χ2n) is 2.63. The highest BCUT2D eigenvalue weighted by Gasteiger charge is 2.27. The van der Waals surface area contributed by atoms with E-state index in [2.05, 4.69) is 6.58 Å². The summed E-state index contributed by atoms with van der Waals surface area (Å²) in [5.74, 6) is -0.375. The highest BCUT2D eigenvalue weighted by Crippen LogP contribution is 2.07. The van der Waals surface area contributed by atoms with Gasteiger partial charge in [-0.25, -0.2) is 0 Å². The van der Waals surface area contributed by atoms with Gasteiger partial charge in [0.25, 0.3) is 0 Å². The zero-order chi connectivity index (χ0) is 8.91. The minimum atomic E-state index is -0.919. The Bertz CT molecular complexity index is 152. The van der Waals surface area contributed by atoms with Crippen LogP contribution in [0.4, 0.5) is 0 Å². The monoisotopic (exact) mass is 157 g/mol. The molecule has 0 bridgehead atoms. The van der Waals surface area contributed by atoms with Gasteiger partial charge < -0.3 is 10.5 Å². The summed E-state index contributed by atoms with van der Waals surface area (Å²) in [7, 11) is 0. The molecule has 0 saturated heterocycles. The molecule has 1 atom stereocenters. The molecule has 64 valence electrons. The molecule has 3 heteroatoms. The summed E-state index contributed by atoms with van der Waals surface area (Å²) in [6.45, 7) is 7.25. The van der Waals surface area contributed by atoms with Crippen LogP contribution in [0.1, 0.15) is 20.3 Å². The number of hydrogen-bond donors (Lipinski definition) is 1. The molecule has 0 aromatic carbocycles. The van der Waals surface area contributed by atoms with Gasteiger partial charge in [-0.1, -0.05) is 6.08 Å². The minimum absolute atomic E-state index is 0.364. The summed E-state index contributed by atoms with van der Waals surface area (Å²) >= 11 is 0. The smallest absolute Gasteiger partial charge is 0.326 e. The van der Waals surface area contributed by atoms with Gasteiger partial charge >= 0.3 is 5.97 Å². The van der Waals surface area contributed by atoms with Gasteiger partial charge in [0, 0.05) is 0 Å². The number of carbonyl (C=O) groups excluding carboxylic acids is 1. The topological polar surface area (TPSA) is 52.3 Å². The van der Waals surface area contributed by atoms with Gasteiger partial charge in [-0.15, -0.1) is 6.58 Å². The standard InChI is InChI=1S/C8H15NO2/c1-4-6-8(3,9)7(10)11-5-2/h4H,1,5-6,9H2,2-3H3/t8-/m1/s1. The highest BCUT2D eigenvalue weighted by molar-refractivity contribution is 5.80. The van der Waals surface area contributed by atoms with Crippen LogP contribution in [-0.4, -0.2) is 18.1 Å². The van der Waals surface area contributed by atoms with Crippen molar-refractivity contribution in [1.82, 2.24) is 0 Å². The summed E-state index contributed by atoms with van der Waals surface area (Å²) in [6, 6.07) is 0. The third-order valence-electron chi connectivity index (χ3n) is 1.31. The van der Waals surface area contributed by atoms with Gasteiger partial charge in [0.2, 0.25) is 0 Å². The Morgan fingerprint density at radius 1 is 1.82 bits per heavy atom. The van der Waals surface area contributed by atoms with Crippen molar-refractivity contribution in [3.05, 3.63) is 12.7 Å². The maximum atomic E-state index is 11.1. The normalized spacial score (nSPS) is 15.2. The van der Waals surface area contributed by atoms with Crippen molar-refractivity contribution in [1.29, 1.82) is 0 Å². The average molecular weight is 157 g/mol. The van der Waals surface area contributed by atoms with Crippen molar-refractivity contribution in [2.45, 2.75) is 25.8 Å². The van der Waals surface area contributed by atoms with Crippen molar-refractivity contribution < 1.29 is 9.53 Å². The lowest BCUT2D eigenvalue weighted by atomic mass is 10.00. The van der Waals surface area contributed by atoms with Gasteiger partial charge in [0.1, 0.15) is 5.54 Å². The first kappa shape index (κ1) is 10.2. The van der Waals surface area contributed by atoms with E-state index in [1.54, 1.807) is 19.9 Å². The Hall–Kier alpha value is -0.830. The number of nitrogens with two attached hydrogens (primary N) is 1. The van der Waals surface area contributed by atoms with Crippen LogP contribution in [0.2, 0.25) is 0 Å². The molecule has 0 aromatic heterocycles. The average Bonchev–Trinajstić information content (AvgIpc) is 1.88. The van der Waals surface area contributed by atoms with Crippen LogP contribution < -0.4 is 5.73 Å². The van der Waals surface area contributed by atoms with E-state index in [4.69, 9.17) is 10.5 Å². The van der Waals surface area contributed by atoms with E-state index in [0.29, 0.717) is 13.0 Å². The predicted molar refractivity (Wildman–Crippen MR) is 44.0 cm³/mol. The maximum Gasteiger partial charge on any atom is 0.326 e. The number of rotatable bonds is 4. The van der Waals surface area contributed by atoms with Crippen molar-refractivity contribution >= 4 is 5.97 Å². The van der Waals surface area contributed by atoms with E-state index >= 15 is 0 Å². The third-order valence-corrected chi connectivity index (χ3v) is 1.31. The lowest BCUT2D eigenvalue weighted by Gasteiger charge is -2.19. The van der Waals surface area contributed by atoms with Crippen LogP contribution in [0.3, 0.4) is 0 Å². The van der Waals surface area contributed by atoms with Crippen LogP contribution >= 0.6 is 0 Å². The van der Waals surface area contributed by atoms with Gasteiger partial charge in [0.15, 0.2) is 0 Å². The first-order valence-electron chi connectivity index (χ1n) is 3.61. The molecule has 0 spiro atoms. The molecule has 3 nitrogen and oxygen atoms in total. The second-order valence-corrected chi connectivity index (χ2v) is 2.63. The largest absolute Gasteiger partial charge is 0.465 e. The third kappa shape index (κ3) is 3.18. The Morgan fingerprint density at radius 2 is 2.36 bits per heavy atom. The molecule has 0 radical (unpaired) electrons. The molecule has 0 heterocycles. The molecule has 2 N–H and O–H groups in total. The fourth-order valence-electron chi connectivity index (χ4n) is 0.679.